The van der Waals surface area contributed by atoms with Crippen LogP contribution in [0.5, 0.6) is 0 Å². The first-order valence-corrected chi connectivity index (χ1v) is 8.27. The fourth-order valence-electron chi connectivity index (χ4n) is 2.81. The molecule has 0 saturated heterocycles. The minimum Gasteiger partial charge on any atom is -0.321 e. The van der Waals surface area contributed by atoms with Crippen LogP contribution in [0.2, 0.25) is 0 Å². The van der Waals surface area contributed by atoms with Gasteiger partial charge < -0.3 is 10.3 Å². The number of carbonyl (C=O) groups is 1. The first-order valence-electron chi connectivity index (χ1n) is 8.27. The Kier molecular flexibility index (Phi) is 4.22. The first-order chi connectivity index (χ1) is 13.1. The van der Waals surface area contributed by atoms with Gasteiger partial charge in [0.1, 0.15) is 11.5 Å². The quantitative estimate of drug-likeness (QED) is 0.581. The van der Waals surface area contributed by atoms with E-state index in [1.807, 2.05) is 12.1 Å². The van der Waals surface area contributed by atoms with Crippen molar-refractivity contribution in [2.45, 2.75) is 0 Å². The van der Waals surface area contributed by atoms with Crippen LogP contribution < -0.4 is 10.9 Å². The average molecular weight is 359 g/mol. The van der Waals surface area contributed by atoms with E-state index < -0.39 is 11.7 Å². The van der Waals surface area contributed by atoms with Crippen molar-refractivity contribution in [1.29, 1.82) is 0 Å². The molecule has 0 aliphatic carbocycles. The number of amides is 1. The molecule has 6 heteroatoms. The number of hydrogen-bond acceptors (Lipinski definition) is 3. The van der Waals surface area contributed by atoms with Gasteiger partial charge in [0.05, 0.1) is 16.7 Å². The Hall–Kier alpha value is -3.80. The predicted molar refractivity (Wildman–Crippen MR) is 102 cm³/mol. The van der Waals surface area contributed by atoms with Crippen molar-refractivity contribution in [2.24, 2.45) is 0 Å². The summed E-state index contributed by atoms with van der Waals surface area (Å²) >= 11 is 0. The van der Waals surface area contributed by atoms with Crippen molar-refractivity contribution in [3.8, 4) is 11.3 Å². The molecule has 5 nitrogen and oxygen atoms in total. The molecule has 27 heavy (non-hydrogen) atoms. The third-order valence-corrected chi connectivity index (χ3v) is 4.14. The molecule has 4 rings (SSSR count). The number of aromatic amines is 1. The highest BCUT2D eigenvalue weighted by Gasteiger charge is 2.14. The molecular weight excluding hydrogens is 345 g/mol. The number of fused-ring (bicyclic) bond motifs is 1. The number of nitrogens with zero attached hydrogens (tertiary/aromatic N) is 1. The lowest BCUT2D eigenvalue weighted by Gasteiger charge is -2.11. The van der Waals surface area contributed by atoms with Crippen LogP contribution in [-0.2, 0) is 0 Å². The van der Waals surface area contributed by atoms with Gasteiger partial charge in [0, 0.05) is 11.1 Å². The van der Waals surface area contributed by atoms with Gasteiger partial charge in [-0.1, -0.05) is 30.3 Å². The van der Waals surface area contributed by atoms with E-state index in [1.165, 1.54) is 24.3 Å². The van der Waals surface area contributed by atoms with Gasteiger partial charge in [-0.15, -0.1) is 0 Å². The fraction of sp³-hybridized carbons (Fsp3) is 0. The third-order valence-electron chi connectivity index (χ3n) is 4.14. The normalized spacial score (nSPS) is 10.7. The molecule has 0 aliphatic rings. The molecule has 1 heterocycles. The minimum absolute atomic E-state index is 0.212. The van der Waals surface area contributed by atoms with Crippen molar-refractivity contribution >= 4 is 22.6 Å². The largest absolute Gasteiger partial charge is 0.321 e. The molecule has 2 N–H and O–H groups in total. The second kappa shape index (κ2) is 6.84. The summed E-state index contributed by atoms with van der Waals surface area (Å²) < 4.78 is 13.1. The van der Waals surface area contributed by atoms with Gasteiger partial charge >= 0.3 is 0 Å². The van der Waals surface area contributed by atoms with E-state index in [4.69, 9.17) is 0 Å². The predicted octanol–water partition coefficient (Wildman–Crippen LogP) is 3.98. The van der Waals surface area contributed by atoms with Crippen LogP contribution in [0.25, 0.3) is 22.3 Å². The van der Waals surface area contributed by atoms with Gasteiger partial charge in [-0.25, -0.2) is 9.37 Å². The maximum atomic E-state index is 13.1. The standard InChI is InChI=1S/C21H14FN3O2/c22-14-11-9-13(10-12-14)20(26)24-16-6-2-1-5-15(16)19-21(27)25-18-8-4-3-7-17(18)23-19/h1-12H,(H,24,26)(H,25,27). The number of H-pyrrole nitrogens is 1. The number of aromatic nitrogens is 2. The number of para-hydroxylation sites is 3. The number of nitrogens with one attached hydrogen (secondary N) is 2. The summed E-state index contributed by atoms with van der Waals surface area (Å²) in [5.74, 6) is -0.821. The highest BCUT2D eigenvalue weighted by atomic mass is 19.1. The molecule has 1 aromatic heterocycles. The highest BCUT2D eigenvalue weighted by molar-refractivity contribution is 6.06. The number of anilines is 1. The molecule has 0 atom stereocenters. The third kappa shape index (κ3) is 3.32. The Labute approximate surface area is 153 Å². The van der Waals surface area contributed by atoms with Crippen LogP contribution in [-0.4, -0.2) is 15.9 Å². The summed E-state index contributed by atoms with van der Waals surface area (Å²) in [5.41, 5.74) is 2.40. The van der Waals surface area contributed by atoms with Crippen molar-refractivity contribution in [3.63, 3.8) is 0 Å². The molecule has 1 amide bonds. The molecular formula is C21H14FN3O2. The molecule has 132 valence electrons. The SMILES string of the molecule is O=C(Nc1ccccc1-c1nc2ccccc2[nH]c1=O)c1ccc(F)cc1. The summed E-state index contributed by atoms with van der Waals surface area (Å²) in [6.07, 6.45) is 0. The van der Waals surface area contributed by atoms with Crippen LogP contribution in [0.3, 0.4) is 0 Å². The van der Waals surface area contributed by atoms with E-state index in [1.54, 1.807) is 36.4 Å². The van der Waals surface area contributed by atoms with Crippen LogP contribution in [0.1, 0.15) is 10.4 Å². The molecule has 0 aliphatic heterocycles. The minimum atomic E-state index is -0.418. The highest BCUT2D eigenvalue weighted by Crippen LogP contribution is 2.25. The van der Waals surface area contributed by atoms with Crippen molar-refractivity contribution < 1.29 is 9.18 Å². The van der Waals surface area contributed by atoms with Gasteiger partial charge in [-0.2, -0.15) is 0 Å². The molecule has 0 spiro atoms. The topological polar surface area (TPSA) is 74.8 Å². The number of benzene rings is 3. The van der Waals surface area contributed by atoms with E-state index in [0.717, 1.165) is 0 Å². The van der Waals surface area contributed by atoms with Gasteiger partial charge in [-0.05, 0) is 42.5 Å². The maximum Gasteiger partial charge on any atom is 0.275 e. The number of hydrogen-bond donors (Lipinski definition) is 2. The number of halogens is 1. The lowest BCUT2D eigenvalue weighted by molar-refractivity contribution is 0.102. The molecule has 3 aromatic carbocycles. The zero-order chi connectivity index (χ0) is 18.8. The van der Waals surface area contributed by atoms with E-state index in [9.17, 15) is 14.0 Å². The smallest absolute Gasteiger partial charge is 0.275 e. The zero-order valence-electron chi connectivity index (χ0n) is 14.1. The van der Waals surface area contributed by atoms with Gasteiger partial charge in [0.15, 0.2) is 0 Å². The number of rotatable bonds is 3. The fourth-order valence-corrected chi connectivity index (χ4v) is 2.81. The van der Waals surface area contributed by atoms with Crippen molar-refractivity contribution in [2.75, 3.05) is 5.32 Å². The zero-order valence-corrected chi connectivity index (χ0v) is 14.1. The lowest BCUT2D eigenvalue weighted by Crippen LogP contribution is -2.16. The summed E-state index contributed by atoms with van der Waals surface area (Å²) in [6.45, 7) is 0. The summed E-state index contributed by atoms with van der Waals surface area (Å²) in [4.78, 5) is 32.2. The van der Waals surface area contributed by atoms with Gasteiger partial charge in [0.25, 0.3) is 11.5 Å². The van der Waals surface area contributed by atoms with Crippen molar-refractivity contribution in [3.05, 3.63) is 94.5 Å². The molecule has 0 bridgehead atoms. The number of carbonyl (C=O) groups excluding carboxylic acids is 1. The molecule has 0 fully saturated rings. The van der Waals surface area contributed by atoms with Gasteiger partial charge in [0.2, 0.25) is 0 Å². The summed E-state index contributed by atoms with van der Waals surface area (Å²) in [7, 11) is 0. The molecule has 4 aromatic rings. The lowest BCUT2D eigenvalue weighted by atomic mass is 10.1. The second-order valence-electron chi connectivity index (χ2n) is 5.94. The van der Waals surface area contributed by atoms with Crippen LogP contribution in [0.15, 0.2) is 77.6 Å². The van der Waals surface area contributed by atoms with E-state index in [2.05, 4.69) is 15.3 Å². The van der Waals surface area contributed by atoms with Gasteiger partial charge in [-0.3, -0.25) is 9.59 Å². The van der Waals surface area contributed by atoms with Crippen molar-refractivity contribution in [1.82, 2.24) is 9.97 Å². The van der Waals surface area contributed by atoms with Crippen LogP contribution >= 0.6 is 0 Å². The van der Waals surface area contributed by atoms with E-state index in [0.29, 0.717) is 27.8 Å². The molecule has 0 saturated carbocycles. The first kappa shape index (κ1) is 16.7. The Balaban J connectivity index is 1.75. The Bertz CT molecular complexity index is 1200. The van der Waals surface area contributed by atoms with E-state index in [-0.39, 0.29) is 11.3 Å². The monoisotopic (exact) mass is 359 g/mol. The maximum absolute atomic E-state index is 13.1. The van der Waals surface area contributed by atoms with Crippen LogP contribution in [0, 0.1) is 5.82 Å². The Morgan fingerprint density at radius 2 is 1.63 bits per heavy atom. The Morgan fingerprint density at radius 3 is 2.44 bits per heavy atom. The molecule has 0 radical (unpaired) electrons. The second-order valence-corrected chi connectivity index (χ2v) is 5.94. The summed E-state index contributed by atoms with van der Waals surface area (Å²) in [5, 5.41) is 2.77. The Morgan fingerprint density at radius 1 is 0.926 bits per heavy atom. The average Bonchev–Trinajstić information content (AvgIpc) is 2.68. The van der Waals surface area contributed by atoms with Crippen LogP contribution in [0.4, 0.5) is 10.1 Å². The summed E-state index contributed by atoms with van der Waals surface area (Å²) in [6, 6.07) is 19.4. The van der Waals surface area contributed by atoms with E-state index >= 15 is 0 Å². The molecule has 0 unspecified atom stereocenters.